The van der Waals surface area contributed by atoms with Crippen molar-refractivity contribution in [1.82, 2.24) is 9.55 Å². The Hall–Kier alpha value is -1.09. The lowest BCUT2D eigenvalue weighted by Gasteiger charge is -2.20. The van der Waals surface area contributed by atoms with E-state index in [1.807, 2.05) is 18.6 Å². The van der Waals surface area contributed by atoms with Crippen molar-refractivity contribution in [2.45, 2.75) is 32.9 Å². The molecule has 2 N–H and O–H groups in total. The molecule has 0 amide bonds. The first-order valence-electron chi connectivity index (χ1n) is 4.97. The topological polar surface area (TPSA) is 43.8 Å². The Morgan fingerprint density at radius 1 is 1.50 bits per heavy atom. The summed E-state index contributed by atoms with van der Waals surface area (Å²) < 4.78 is 2.07. The second-order valence-corrected chi connectivity index (χ2v) is 3.97. The van der Waals surface area contributed by atoms with Gasteiger partial charge in [-0.25, -0.2) is 4.98 Å². The molecule has 3 nitrogen and oxygen atoms in total. The summed E-state index contributed by atoms with van der Waals surface area (Å²) in [5, 5.41) is 0. The van der Waals surface area contributed by atoms with Gasteiger partial charge in [0.2, 0.25) is 0 Å². The molecule has 0 saturated carbocycles. The second-order valence-electron chi connectivity index (χ2n) is 3.97. The minimum atomic E-state index is 0.0416. The van der Waals surface area contributed by atoms with Crippen LogP contribution in [0.15, 0.2) is 25.2 Å². The maximum atomic E-state index is 6.08. The standard InChI is InChI=1S/C11H19N3/c1-5-9(4)14-7-13-6-10(14)11(12)8(2)3/h5-9,11H,1,12H2,2-4H3. The number of rotatable bonds is 4. The van der Waals surface area contributed by atoms with Crippen LogP contribution in [0.2, 0.25) is 0 Å². The van der Waals surface area contributed by atoms with Crippen molar-refractivity contribution in [3.63, 3.8) is 0 Å². The van der Waals surface area contributed by atoms with Gasteiger partial charge in [-0.2, -0.15) is 0 Å². The van der Waals surface area contributed by atoms with E-state index in [0.29, 0.717) is 5.92 Å². The highest BCUT2D eigenvalue weighted by molar-refractivity contribution is 5.08. The van der Waals surface area contributed by atoms with Crippen LogP contribution in [0, 0.1) is 5.92 Å². The van der Waals surface area contributed by atoms with Crippen LogP contribution in [-0.4, -0.2) is 9.55 Å². The van der Waals surface area contributed by atoms with Gasteiger partial charge in [0.05, 0.1) is 12.0 Å². The SMILES string of the molecule is C=CC(C)n1cncc1C(N)C(C)C. The zero-order chi connectivity index (χ0) is 10.7. The summed E-state index contributed by atoms with van der Waals surface area (Å²) in [7, 11) is 0. The summed E-state index contributed by atoms with van der Waals surface area (Å²) in [5.41, 5.74) is 7.16. The van der Waals surface area contributed by atoms with Crippen molar-refractivity contribution < 1.29 is 0 Å². The molecule has 0 aliphatic rings. The van der Waals surface area contributed by atoms with Crippen LogP contribution < -0.4 is 5.73 Å². The molecule has 0 saturated heterocycles. The third-order valence-corrected chi connectivity index (χ3v) is 2.54. The molecule has 1 aromatic heterocycles. The molecule has 0 spiro atoms. The van der Waals surface area contributed by atoms with Gasteiger partial charge in [-0.05, 0) is 12.8 Å². The molecule has 0 radical (unpaired) electrons. The molecule has 2 unspecified atom stereocenters. The number of hydrogen-bond acceptors (Lipinski definition) is 2. The molecule has 78 valence electrons. The molecule has 3 heteroatoms. The molecule has 0 aliphatic heterocycles. The molecular weight excluding hydrogens is 174 g/mol. The van der Waals surface area contributed by atoms with Crippen LogP contribution in [-0.2, 0) is 0 Å². The van der Waals surface area contributed by atoms with Gasteiger partial charge in [0.25, 0.3) is 0 Å². The van der Waals surface area contributed by atoms with Crippen molar-refractivity contribution in [3.05, 3.63) is 30.9 Å². The predicted molar refractivity (Wildman–Crippen MR) is 58.9 cm³/mol. The fourth-order valence-corrected chi connectivity index (χ4v) is 1.37. The molecule has 0 bridgehead atoms. The van der Waals surface area contributed by atoms with Gasteiger partial charge in [0.15, 0.2) is 0 Å². The number of aromatic nitrogens is 2. The number of imidazole rings is 1. The third-order valence-electron chi connectivity index (χ3n) is 2.54. The van der Waals surface area contributed by atoms with Gasteiger partial charge in [0.1, 0.15) is 0 Å². The quantitative estimate of drug-likeness (QED) is 0.745. The first-order valence-corrected chi connectivity index (χ1v) is 4.97. The van der Waals surface area contributed by atoms with Crippen LogP contribution in [0.5, 0.6) is 0 Å². The summed E-state index contributed by atoms with van der Waals surface area (Å²) in [6.45, 7) is 10.1. The first-order chi connectivity index (χ1) is 6.57. The zero-order valence-corrected chi connectivity index (χ0v) is 9.14. The number of hydrogen-bond donors (Lipinski definition) is 1. The minimum Gasteiger partial charge on any atom is -0.326 e. The highest BCUT2D eigenvalue weighted by Crippen LogP contribution is 2.21. The van der Waals surface area contributed by atoms with Crippen molar-refractivity contribution >= 4 is 0 Å². The lowest BCUT2D eigenvalue weighted by Crippen LogP contribution is -2.21. The average molecular weight is 193 g/mol. The highest BCUT2D eigenvalue weighted by Gasteiger charge is 2.16. The predicted octanol–water partition coefficient (Wildman–Crippen LogP) is 2.29. The van der Waals surface area contributed by atoms with E-state index >= 15 is 0 Å². The first kappa shape index (κ1) is 11.0. The van der Waals surface area contributed by atoms with Gasteiger partial charge in [-0.3, -0.25) is 0 Å². The largest absolute Gasteiger partial charge is 0.326 e. The van der Waals surface area contributed by atoms with E-state index < -0.39 is 0 Å². The van der Waals surface area contributed by atoms with Gasteiger partial charge < -0.3 is 10.3 Å². The van der Waals surface area contributed by atoms with E-state index in [-0.39, 0.29) is 12.1 Å². The van der Waals surface area contributed by atoms with Gasteiger partial charge in [-0.15, -0.1) is 6.58 Å². The van der Waals surface area contributed by atoms with Gasteiger partial charge in [0, 0.05) is 18.3 Å². The minimum absolute atomic E-state index is 0.0416. The highest BCUT2D eigenvalue weighted by atomic mass is 15.1. The Balaban J connectivity index is 2.97. The maximum Gasteiger partial charge on any atom is 0.0954 e. The van der Waals surface area contributed by atoms with Crippen molar-refractivity contribution in [2.24, 2.45) is 11.7 Å². The number of nitrogens with two attached hydrogens (primary N) is 1. The number of nitrogens with zero attached hydrogens (tertiary/aromatic N) is 2. The smallest absolute Gasteiger partial charge is 0.0954 e. The molecule has 1 heterocycles. The summed E-state index contributed by atoms with van der Waals surface area (Å²) in [4.78, 5) is 4.13. The molecule has 14 heavy (non-hydrogen) atoms. The maximum absolute atomic E-state index is 6.08. The van der Waals surface area contributed by atoms with Gasteiger partial charge in [-0.1, -0.05) is 19.9 Å². The van der Waals surface area contributed by atoms with Crippen LogP contribution in [0.4, 0.5) is 0 Å². The molecular formula is C11H19N3. The van der Waals surface area contributed by atoms with E-state index in [1.54, 1.807) is 0 Å². The fraction of sp³-hybridized carbons (Fsp3) is 0.545. The molecule has 0 fully saturated rings. The summed E-state index contributed by atoms with van der Waals surface area (Å²) in [6, 6.07) is 0.289. The Kier molecular flexibility index (Phi) is 3.47. The Labute approximate surface area is 85.6 Å². The van der Waals surface area contributed by atoms with E-state index in [1.165, 1.54) is 0 Å². The summed E-state index contributed by atoms with van der Waals surface area (Å²) in [5.74, 6) is 0.419. The van der Waals surface area contributed by atoms with Gasteiger partial charge >= 0.3 is 0 Å². The summed E-state index contributed by atoms with van der Waals surface area (Å²) in [6.07, 6.45) is 5.53. The van der Waals surface area contributed by atoms with E-state index in [2.05, 4.69) is 36.9 Å². The van der Waals surface area contributed by atoms with Crippen molar-refractivity contribution in [2.75, 3.05) is 0 Å². The van der Waals surface area contributed by atoms with Crippen LogP contribution in [0.1, 0.15) is 38.5 Å². The van der Waals surface area contributed by atoms with Crippen LogP contribution in [0.3, 0.4) is 0 Å². The molecule has 1 aromatic rings. The number of allylic oxidation sites excluding steroid dienone is 1. The molecule has 0 aromatic carbocycles. The van der Waals surface area contributed by atoms with Crippen LogP contribution >= 0.6 is 0 Å². The Morgan fingerprint density at radius 2 is 2.14 bits per heavy atom. The normalized spacial score (nSPS) is 15.5. The average Bonchev–Trinajstić information content (AvgIpc) is 2.63. The van der Waals surface area contributed by atoms with E-state index in [0.717, 1.165) is 5.69 Å². The second kappa shape index (κ2) is 4.42. The molecule has 2 atom stereocenters. The van der Waals surface area contributed by atoms with Crippen LogP contribution in [0.25, 0.3) is 0 Å². The fourth-order valence-electron chi connectivity index (χ4n) is 1.37. The molecule has 1 rings (SSSR count). The Morgan fingerprint density at radius 3 is 2.64 bits per heavy atom. The third kappa shape index (κ3) is 2.04. The monoisotopic (exact) mass is 193 g/mol. The lowest BCUT2D eigenvalue weighted by atomic mass is 10.0. The summed E-state index contributed by atoms with van der Waals surface area (Å²) >= 11 is 0. The Bertz CT molecular complexity index is 301. The van der Waals surface area contributed by atoms with E-state index in [4.69, 9.17) is 5.73 Å². The van der Waals surface area contributed by atoms with E-state index in [9.17, 15) is 0 Å². The zero-order valence-electron chi connectivity index (χ0n) is 9.14. The van der Waals surface area contributed by atoms with Crippen molar-refractivity contribution in [1.29, 1.82) is 0 Å². The molecule has 0 aliphatic carbocycles. The van der Waals surface area contributed by atoms with Crippen molar-refractivity contribution in [3.8, 4) is 0 Å². The lowest BCUT2D eigenvalue weighted by molar-refractivity contribution is 0.471.